The lowest BCUT2D eigenvalue weighted by atomic mass is 10.2. The van der Waals surface area contributed by atoms with E-state index in [-0.39, 0.29) is 5.84 Å². The SMILES string of the molecule is CN(C)CCOc1ccc(F)cc1C(=N)N. The Hall–Kier alpha value is -1.62. The minimum atomic E-state index is -0.426. The van der Waals surface area contributed by atoms with E-state index < -0.39 is 5.82 Å². The van der Waals surface area contributed by atoms with Gasteiger partial charge in [0.05, 0.1) is 5.56 Å². The first-order valence-electron chi connectivity index (χ1n) is 4.92. The second-order valence-electron chi connectivity index (χ2n) is 3.71. The molecule has 0 saturated carbocycles. The summed E-state index contributed by atoms with van der Waals surface area (Å²) in [5, 5.41) is 7.31. The van der Waals surface area contributed by atoms with Crippen LogP contribution in [0.3, 0.4) is 0 Å². The number of rotatable bonds is 5. The van der Waals surface area contributed by atoms with Crippen LogP contribution in [0.1, 0.15) is 5.56 Å². The molecule has 0 radical (unpaired) electrons. The summed E-state index contributed by atoms with van der Waals surface area (Å²) in [5.41, 5.74) is 5.63. The maximum Gasteiger partial charge on any atom is 0.130 e. The van der Waals surface area contributed by atoms with Gasteiger partial charge in [0.15, 0.2) is 0 Å². The van der Waals surface area contributed by atoms with Crippen molar-refractivity contribution >= 4 is 5.84 Å². The number of amidine groups is 1. The number of halogens is 1. The molecule has 0 aliphatic heterocycles. The average molecular weight is 225 g/mol. The Labute approximate surface area is 94.3 Å². The van der Waals surface area contributed by atoms with Gasteiger partial charge in [-0.2, -0.15) is 0 Å². The first-order valence-corrected chi connectivity index (χ1v) is 4.92. The van der Waals surface area contributed by atoms with Crippen LogP contribution in [-0.2, 0) is 0 Å². The van der Waals surface area contributed by atoms with Gasteiger partial charge in [0.1, 0.15) is 24.0 Å². The van der Waals surface area contributed by atoms with Crippen molar-refractivity contribution < 1.29 is 9.13 Å². The minimum Gasteiger partial charge on any atom is -0.491 e. The van der Waals surface area contributed by atoms with Crippen LogP contribution >= 0.6 is 0 Å². The Morgan fingerprint density at radius 3 is 2.75 bits per heavy atom. The predicted octanol–water partition coefficient (Wildman–Crippen LogP) is 1.05. The van der Waals surface area contributed by atoms with Crippen LogP contribution in [0.25, 0.3) is 0 Å². The third kappa shape index (κ3) is 3.51. The quantitative estimate of drug-likeness (QED) is 0.581. The molecular weight excluding hydrogens is 209 g/mol. The van der Waals surface area contributed by atoms with Gasteiger partial charge >= 0.3 is 0 Å². The monoisotopic (exact) mass is 225 g/mol. The fourth-order valence-electron chi connectivity index (χ4n) is 1.18. The molecule has 4 nitrogen and oxygen atoms in total. The van der Waals surface area contributed by atoms with E-state index in [1.807, 2.05) is 19.0 Å². The van der Waals surface area contributed by atoms with Gasteiger partial charge in [-0.1, -0.05) is 0 Å². The van der Waals surface area contributed by atoms with Crippen molar-refractivity contribution in [2.24, 2.45) is 5.73 Å². The van der Waals surface area contributed by atoms with E-state index in [1.165, 1.54) is 18.2 Å². The van der Waals surface area contributed by atoms with Gasteiger partial charge in [-0.05, 0) is 32.3 Å². The molecule has 0 amide bonds. The second-order valence-corrected chi connectivity index (χ2v) is 3.71. The van der Waals surface area contributed by atoms with Gasteiger partial charge in [0.25, 0.3) is 0 Å². The van der Waals surface area contributed by atoms with Crippen molar-refractivity contribution in [2.45, 2.75) is 0 Å². The first-order chi connectivity index (χ1) is 7.50. The molecule has 0 spiro atoms. The number of hydrogen-bond donors (Lipinski definition) is 2. The number of nitrogen functional groups attached to an aromatic ring is 1. The summed E-state index contributed by atoms with van der Waals surface area (Å²) in [7, 11) is 3.86. The lowest BCUT2D eigenvalue weighted by Crippen LogP contribution is -2.21. The molecule has 0 bridgehead atoms. The van der Waals surface area contributed by atoms with Gasteiger partial charge in [-0.3, -0.25) is 5.41 Å². The zero-order chi connectivity index (χ0) is 12.1. The molecular formula is C11H16FN3O. The Kier molecular flexibility index (Phi) is 4.25. The molecule has 16 heavy (non-hydrogen) atoms. The van der Waals surface area contributed by atoms with E-state index in [2.05, 4.69) is 0 Å². The standard InChI is InChI=1S/C11H16FN3O/c1-15(2)5-6-16-10-4-3-8(12)7-9(10)11(13)14/h3-4,7H,5-6H2,1-2H3,(H3,13,14). The largest absolute Gasteiger partial charge is 0.491 e. The highest BCUT2D eigenvalue weighted by Gasteiger charge is 2.08. The number of benzene rings is 1. The highest BCUT2D eigenvalue weighted by molar-refractivity contribution is 5.97. The average Bonchev–Trinajstić information content (AvgIpc) is 2.19. The van der Waals surface area contributed by atoms with Gasteiger partial charge < -0.3 is 15.4 Å². The summed E-state index contributed by atoms with van der Waals surface area (Å²) in [6.45, 7) is 1.22. The number of nitrogens with two attached hydrogens (primary N) is 1. The van der Waals surface area contributed by atoms with Crippen LogP contribution in [0, 0.1) is 11.2 Å². The number of hydrogen-bond acceptors (Lipinski definition) is 3. The van der Waals surface area contributed by atoms with Crippen molar-refractivity contribution in [1.82, 2.24) is 4.90 Å². The molecule has 0 fully saturated rings. The summed E-state index contributed by atoms with van der Waals surface area (Å²) in [5.74, 6) is -0.180. The van der Waals surface area contributed by atoms with Crippen LogP contribution < -0.4 is 10.5 Å². The molecule has 3 N–H and O–H groups in total. The fourth-order valence-corrected chi connectivity index (χ4v) is 1.18. The van der Waals surface area contributed by atoms with Gasteiger partial charge in [0, 0.05) is 6.54 Å². The molecule has 1 aromatic rings. The Bertz CT molecular complexity index is 379. The van der Waals surface area contributed by atoms with E-state index >= 15 is 0 Å². The summed E-state index contributed by atoms with van der Waals surface area (Å²) in [6, 6.07) is 3.98. The molecule has 0 aliphatic rings. The topological polar surface area (TPSA) is 62.3 Å². The summed E-state index contributed by atoms with van der Waals surface area (Å²) >= 11 is 0. The van der Waals surface area contributed by atoms with E-state index in [9.17, 15) is 4.39 Å². The summed E-state index contributed by atoms with van der Waals surface area (Å²) < 4.78 is 18.4. The van der Waals surface area contributed by atoms with Crippen molar-refractivity contribution in [2.75, 3.05) is 27.2 Å². The zero-order valence-corrected chi connectivity index (χ0v) is 9.46. The summed E-state index contributed by atoms with van der Waals surface area (Å²) in [4.78, 5) is 1.97. The van der Waals surface area contributed by atoms with Crippen LogP contribution in [-0.4, -0.2) is 38.0 Å². The highest BCUT2D eigenvalue weighted by atomic mass is 19.1. The van der Waals surface area contributed by atoms with Crippen molar-refractivity contribution in [3.05, 3.63) is 29.6 Å². The Balaban J connectivity index is 2.75. The van der Waals surface area contributed by atoms with Crippen molar-refractivity contribution in [1.29, 1.82) is 5.41 Å². The molecule has 0 saturated heterocycles. The number of nitrogens with one attached hydrogen (secondary N) is 1. The van der Waals surface area contributed by atoms with E-state index in [0.29, 0.717) is 17.9 Å². The molecule has 0 heterocycles. The normalized spacial score (nSPS) is 10.5. The number of nitrogens with zero attached hydrogens (tertiary/aromatic N) is 1. The molecule has 1 aromatic carbocycles. The molecule has 1 rings (SSSR count). The number of likely N-dealkylation sites (N-methyl/N-ethyl adjacent to an activating group) is 1. The van der Waals surface area contributed by atoms with Crippen LogP contribution in [0.15, 0.2) is 18.2 Å². The number of ether oxygens (including phenoxy) is 1. The van der Waals surface area contributed by atoms with Crippen LogP contribution in [0.2, 0.25) is 0 Å². The van der Waals surface area contributed by atoms with Crippen molar-refractivity contribution in [3.63, 3.8) is 0 Å². The maximum atomic E-state index is 12.9. The summed E-state index contributed by atoms with van der Waals surface area (Å²) in [6.07, 6.45) is 0. The van der Waals surface area contributed by atoms with E-state index in [0.717, 1.165) is 6.54 Å². The third-order valence-corrected chi connectivity index (χ3v) is 2.03. The maximum absolute atomic E-state index is 12.9. The first kappa shape index (κ1) is 12.4. The molecule has 0 atom stereocenters. The van der Waals surface area contributed by atoms with Crippen molar-refractivity contribution in [3.8, 4) is 5.75 Å². The lowest BCUT2D eigenvalue weighted by Gasteiger charge is -2.13. The van der Waals surface area contributed by atoms with Gasteiger partial charge in [-0.25, -0.2) is 4.39 Å². The van der Waals surface area contributed by atoms with Gasteiger partial charge in [0.2, 0.25) is 0 Å². The predicted molar refractivity (Wildman–Crippen MR) is 61.5 cm³/mol. The van der Waals surface area contributed by atoms with Gasteiger partial charge in [-0.15, -0.1) is 0 Å². The minimum absolute atomic E-state index is 0.195. The third-order valence-electron chi connectivity index (χ3n) is 2.03. The Morgan fingerprint density at radius 1 is 1.50 bits per heavy atom. The molecule has 0 unspecified atom stereocenters. The van der Waals surface area contributed by atoms with E-state index in [1.54, 1.807) is 0 Å². The molecule has 0 aromatic heterocycles. The fraction of sp³-hybridized carbons (Fsp3) is 0.364. The van der Waals surface area contributed by atoms with Crippen LogP contribution in [0.4, 0.5) is 4.39 Å². The Morgan fingerprint density at radius 2 is 2.19 bits per heavy atom. The van der Waals surface area contributed by atoms with Crippen LogP contribution in [0.5, 0.6) is 5.75 Å². The zero-order valence-electron chi connectivity index (χ0n) is 9.46. The second kappa shape index (κ2) is 5.46. The van der Waals surface area contributed by atoms with E-state index in [4.69, 9.17) is 15.9 Å². The lowest BCUT2D eigenvalue weighted by molar-refractivity contribution is 0.261. The highest BCUT2D eigenvalue weighted by Crippen LogP contribution is 2.18. The molecule has 5 heteroatoms. The molecule has 0 aliphatic carbocycles. The molecule has 88 valence electrons. The smallest absolute Gasteiger partial charge is 0.130 e.